The molecule has 142 valence electrons. The number of rotatable bonds is 3. The highest BCUT2D eigenvalue weighted by molar-refractivity contribution is 9.10. The molecule has 0 spiro atoms. The zero-order valence-electron chi connectivity index (χ0n) is 15.5. The fourth-order valence-corrected chi connectivity index (χ4v) is 4.90. The van der Waals surface area contributed by atoms with Crippen molar-refractivity contribution in [2.24, 2.45) is 0 Å². The summed E-state index contributed by atoms with van der Waals surface area (Å²) in [5, 5.41) is 6.05. The third-order valence-electron chi connectivity index (χ3n) is 5.15. The van der Waals surface area contributed by atoms with Gasteiger partial charge in [-0.3, -0.25) is 4.79 Å². The first kappa shape index (κ1) is 18.3. The first-order chi connectivity index (χ1) is 14.2. The number of hydrogen-bond donors (Lipinski definition) is 1. The molecule has 0 aliphatic heterocycles. The van der Waals surface area contributed by atoms with Crippen LogP contribution in [-0.2, 0) is 6.42 Å². The van der Waals surface area contributed by atoms with E-state index in [1.165, 1.54) is 10.5 Å². The van der Waals surface area contributed by atoms with Gasteiger partial charge in [-0.15, -0.1) is 11.3 Å². The quantitative estimate of drug-likeness (QED) is 0.365. The molecule has 2 heterocycles. The van der Waals surface area contributed by atoms with Crippen molar-refractivity contribution in [2.75, 3.05) is 5.32 Å². The summed E-state index contributed by atoms with van der Waals surface area (Å²) in [4.78, 5) is 19.5. The Morgan fingerprint density at radius 3 is 2.69 bits per heavy atom. The van der Waals surface area contributed by atoms with E-state index in [0.717, 1.165) is 50.7 Å². The van der Waals surface area contributed by atoms with Crippen LogP contribution in [0.3, 0.4) is 0 Å². The molecule has 0 fully saturated rings. The van der Waals surface area contributed by atoms with E-state index in [4.69, 9.17) is 4.98 Å². The van der Waals surface area contributed by atoms with Gasteiger partial charge in [-0.2, -0.15) is 0 Å². The Kier molecular flexibility index (Phi) is 4.78. The molecule has 0 saturated carbocycles. The maximum absolute atomic E-state index is 13.4. The van der Waals surface area contributed by atoms with Crippen LogP contribution in [-0.4, -0.2) is 10.9 Å². The topological polar surface area (TPSA) is 42.0 Å². The van der Waals surface area contributed by atoms with Crippen LogP contribution in [0.25, 0.3) is 22.6 Å². The van der Waals surface area contributed by atoms with Gasteiger partial charge in [0.25, 0.3) is 5.91 Å². The van der Waals surface area contributed by atoms with Crippen molar-refractivity contribution in [2.45, 2.75) is 12.8 Å². The van der Waals surface area contributed by atoms with E-state index >= 15 is 0 Å². The third kappa shape index (κ3) is 3.41. The maximum Gasteiger partial charge on any atom is 0.256 e. The minimum atomic E-state index is -0.0934. The predicted octanol–water partition coefficient (Wildman–Crippen LogP) is 6.80. The number of allylic oxidation sites excluding steroid dienone is 1. The lowest BCUT2D eigenvalue weighted by Gasteiger charge is -2.13. The molecular formula is C24H17BrN2OS. The van der Waals surface area contributed by atoms with Gasteiger partial charge in [-0.1, -0.05) is 36.4 Å². The fourth-order valence-electron chi connectivity index (χ4n) is 3.83. The molecule has 1 aliphatic carbocycles. The summed E-state index contributed by atoms with van der Waals surface area (Å²) in [5.41, 5.74) is 5.53. The number of amides is 1. The second kappa shape index (κ2) is 7.58. The van der Waals surface area contributed by atoms with Gasteiger partial charge in [-0.05, 0) is 75.6 Å². The van der Waals surface area contributed by atoms with Gasteiger partial charge in [0.1, 0.15) is 0 Å². The Labute approximate surface area is 181 Å². The Hall–Kier alpha value is -2.76. The van der Waals surface area contributed by atoms with Gasteiger partial charge in [0, 0.05) is 14.7 Å². The molecule has 0 radical (unpaired) electrons. The molecule has 2 aromatic heterocycles. The van der Waals surface area contributed by atoms with E-state index in [-0.39, 0.29) is 5.91 Å². The highest BCUT2D eigenvalue weighted by Gasteiger charge is 2.27. The van der Waals surface area contributed by atoms with Gasteiger partial charge in [0.05, 0.1) is 22.5 Å². The standard InChI is InChI=1S/C24H17BrN2OS/c25-19-8-2-4-10-21(19)27-24(28)22-17-7-1-3-9-20(17)26-23-15(11-12-18(22)23)14-16-6-5-13-29-16/h1-10,13-14H,11-12H2,(H,27,28). The Balaban J connectivity index is 1.65. The second-order valence-corrected chi connectivity index (χ2v) is 8.78. The smallest absolute Gasteiger partial charge is 0.256 e. The number of anilines is 1. The van der Waals surface area contributed by atoms with Crippen LogP contribution in [0.2, 0.25) is 0 Å². The minimum absolute atomic E-state index is 0.0934. The summed E-state index contributed by atoms with van der Waals surface area (Å²) < 4.78 is 0.863. The van der Waals surface area contributed by atoms with Crippen LogP contribution in [0.4, 0.5) is 5.69 Å². The van der Waals surface area contributed by atoms with Gasteiger partial charge in [0.15, 0.2) is 0 Å². The van der Waals surface area contributed by atoms with E-state index in [0.29, 0.717) is 0 Å². The number of benzene rings is 2. The van der Waals surface area contributed by atoms with Crippen LogP contribution in [0, 0.1) is 0 Å². The number of fused-ring (bicyclic) bond motifs is 2. The van der Waals surface area contributed by atoms with Crippen molar-refractivity contribution >= 4 is 61.4 Å². The van der Waals surface area contributed by atoms with Gasteiger partial charge in [0.2, 0.25) is 0 Å². The average Bonchev–Trinajstić information content (AvgIpc) is 3.38. The molecule has 3 nitrogen and oxygen atoms in total. The van der Waals surface area contributed by atoms with E-state index in [9.17, 15) is 4.79 Å². The van der Waals surface area contributed by atoms with Crippen LogP contribution in [0.1, 0.15) is 32.9 Å². The molecule has 0 bridgehead atoms. The molecule has 1 N–H and O–H groups in total. The van der Waals surface area contributed by atoms with Crippen LogP contribution in [0.15, 0.2) is 70.5 Å². The number of carbonyl (C=O) groups is 1. The number of nitrogens with zero attached hydrogens (tertiary/aromatic N) is 1. The van der Waals surface area contributed by atoms with Crippen LogP contribution >= 0.6 is 27.3 Å². The van der Waals surface area contributed by atoms with Crippen molar-refractivity contribution in [1.82, 2.24) is 4.98 Å². The SMILES string of the molecule is O=C(Nc1ccccc1Br)c1c2c(nc3ccccc13)C(=Cc1cccs1)CC2. The number of pyridine rings is 1. The van der Waals surface area contributed by atoms with E-state index in [1.54, 1.807) is 11.3 Å². The molecule has 5 heteroatoms. The van der Waals surface area contributed by atoms with Crippen LogP contribution in [0.5, 0.6) is 0 Å². The van der Waals surface area contributed by atoms with Crippen molar-refractivity contribution in [1.29, 1.82) is 0 Å². The number of thiophene rings is 1. The van der Waals surface area contributed by atoms with Gasteiger partial charge >= 0.3 is 0 Å². The van der Waals surface area contributed by atoms with Crippen molar-refractivity contribution in [3.05, 3.63) is 92.2 Å². The second-order valence-electron chi connectivity index (χ2n) is 6.95. The summed E-state index contributed by atoms with van der Waals surface area (Å²) in [6, 6.07) is 19.7. The molecule has 0 unspecified atom stereocenters. The summed E-state index contributed by atoms with van der Waals surface area (Å²) in [6.07, 6.45) is 3.92. The normalized spacial score (nSPS) is 14.3. The lowest BCUT2D eigenvalue weighted by Crippen LogP contribution is -2.16. The minimum Gasteiger partial charge on any atom is -0.321 e. The first-order valence-electron chi connectivity index (χ1n) is 9.42. The predicted molar refractivity (Wildman–Crippen MR) is 124 cm³/mol. The number of halogens is 1. The molecule has 0 saturated heterocycles. The van der Waals surface area contributed by atoms with Crippen molar-refractivity contribution in [3.8, 4) is 0 Å². The van der Waals surface area contributed by atoms with Gasteiger partial charge in [-0.25, -0.2) is 4.98 Å². The summed E-state index contributed by atoms with van der Waals surface area (Å²) >= 11 is 5.23. The average molecular weight is 461 g/mol. The molecular weight excluding hydrogens is 444 g/mol. The molecule has 2 aromatic carbocycles. The van der Waals surface area contributed by atoms with Crippen molar-refractivity contribution in [3.63, 3.8) is 0 Å². The third-order valence-corrected chi connectivity index (χ3v) is 6.66. The number of nitrogens with one attached hydrogen (secondary N) is 1. The number of hydrogen-bond acceptors (Lipinski definition) is 3. The Morgan fingerprint density at radius 2 is 1.86 bits per heavy atom. The molecule has 1 aliphatic rings. The maximum atomic E-state index is 13.4. The van der Waals surface area contributed by atoms with Gasteiger partial charge < -0.3 is 5.32 Å². The Morgan fingerprint density at radius 1 is 1.03 bits per heavy atom. The van der Waals surface area contributed by atoms with E-state index < -0.39 is 0 Å². The monoisotopic (exact) mass is 460 g/mol. The van der Waals surface area contributed by atoms with Crippen molar-refractivity contribution < 1.29 is 4.79 Å². The largest absolute Gasteiger partial charge is 0.321 e. The lowest BCUT2D eigenvalue weighted by molar-refractivity contribution is 0.102. The van der Waals surface area contributed by atoms with Crippen LogP contribution < -0.4 is 5.32 Å². The zero-order chi connectivity index (χ0) is 19.8. The first-order valence-corrected chi connectivity index (χ1v) is 11.1. The van der Waals surface area contributed by atoms with E-state index in [1.807, 2.05) is 48.5 Å². The van der Waals surface area contributed by atoms with E-state index in [2.05, 4.69) is 44.8 Å². The highest BCUT2D eigenvalue weighted by Crippen LogP contribution is 2.38. The number of carbonyl (C=O) groups excluding carboxylic acids is 1. The lowest BCUT2D eigenvalue weighted by atomic mass is 10.00. The molecule has 0 atom stereocenters. The highest BCUT2D eigenvalue weighted by atomic mass is 79.9. The fraction of sp³-hybridized carbons (Fsp3) is 0.0833. The molecule has 29 heavy (non-hydrogen) atoms. The summed E-state index contributed by atoms with van der Waals surface area (Å²) in [7, 11) is 0. The summed E-state index contributed by atoms with van der Waals surface area (Å²) in [5.74, 6) is -0.0934. The zero-order valence-corrected chi connectivity index (χ0v) is 17.9. The summed E-state index contributed by atoms with van der Waals surface area (Å²) in [6.45, 7) is 0. The molecule has 1 amide bonds. The Bertz CT molecular complexity index is 1260. The number of aromatic nitrogens is 1. The molecule has 5 rings (SSSR count). The number of para-hydroxylation sites is 2. The molecule has 4 aromatic rings.